The molecule has 0 atom stereocenters. The van der Waals surface area contributed by atoms with E-state index in [4.69, 9.17) is 13.6 Å². The first kappa shape index (κ1) is 82.1. The number of anilines is 3. The van der Waals surface area contributed by atoms with Crippen LogP contribution in [0.25, 0.3) is 50.7 Å². The predicted octanol–water partition coefficient (Wildman–Crippen LogP) is 11.7. The second kappa shape index (κ2) is 33.4. The van der Waals surface area contributed by atoms with Crippen LogP contribution in [0.3, 0.4) is 0 Å². The number of benzene rings is 3. The van der Waals surface area contributed by atoms with Crippen LogP contribution < -0.4 is 46.1 Å². The molecule has 0 bridgehead atoms. The van der Waals surface area contributed by atoms with Crippen LogP contribution in [-0.4, -0.2) is 138 Å². The summed E-state index contributed by atoms with van der Waals surface area (Å²) in [6.45, 7) is 4.46. The van der Waals surface area contributed by atoms with E-state index >= 15 is 0 Å². The lowest BCUT2D eigenvalue weighted by atomic mass is 10.0. The van der Waals surface area contributed by atoms with E-state index in [1.165, 1.54) is 108 Å². The molecule has 0 aliphatic rings. The van der Waals surface area contributed by atoms with Gasteiger partial charge in [0.1, 0.15) is 34.7 Å². The highest BCUT2D eigenvalue weighted by Crippen LogP contribution is 2.58. The lowest BCUT2D eigenvalue weighted by molar-refractivity contribution is -0.275. The standard InChI is InChI=1S/C72H57F12N18O13P/c1-34-46(22-49(37(4)88-34)67(106)85-25-40-19-43(7-10-52(40)73)113-70(76,77)78)55-13-16-61-91-58(28-100(61)97-55)94-64(103)31-110-116(109,111-32-65(104)95-59-29-101-62(92-59)17-14-56(98-101)47-23-50(38(5)89-35(47)2)68(107)86-26-41-20-44(8-11-53(41)74)114-71(79,80)81)112-33-66(105)96-60-30-102-63(93-60)18-15-57(99-102)48-24-51(39(6)90-36(48)3)69(108)87-27-42-21-45(9-12-54(42)75)115-72(82,83)84/h7-24,28-30,109H,25-27,31-33H2,1-6H3,(H5-,85,86,87,94,95,96,103,104,105,106,107,108)/p+1. The number of aromatic nitrogens is 12. The molecule has 116 heavy (non-hydrogen) atoms. The lowest BCUT2D eigenvalue weighted by Gasteiger charge is -2.14. The Hall–Kier alpha value is -13.4. The molecule has 9 heterocycles. The number of halogens is 12. The molecular formula is C72H58F12N18O13P+. The number of hydrogen-bond donors (Lipinski definition) is 7. The molecule has 0 saturated heterocycles. The highest BCUT2D eigenvalue weighted by Gasteiger charge is 2.47. The van der Waals surface area contributed by atoms with Crippen molar-refractivity contribution in [1.82, 2.24) is 74.7 Å². The van der Waals surface area contributed by atoms with Gasteiger partial charge in [-0.2, -0.15) is 20.2 Å². The van der Waals surface area contributed by atoms with E-state index in [0.717, 1.165) is 54.6 Å². The van der Waals surface area contributed by atoms with Crippen molar-refractivity contribution in [3.63, 3.8) is 0 Å². The summed E-state index contributed by atoms with van der Waals surface area (Å²) in [5.41, 5.74) is 2.99. The number of aryl methyl sites for hydroxylation is 6. The minimum absolute atomic E-state index is 0.00412. The van der Waals surface area contributed by atoms with Crippen molar-refractivity contribution in [2.45, 2.75) is 80.3 Å². The smallest absolute Gasteiger partial charge is 0.406 e. The third-order valence-electron chi connectivity index (χ3n) is 16.7. The summed E-state index contributed by atoms with van der Waals surface area (Å²) < 4.78 is 192. The zero-order valence-corrected chi connectivity index (χ0v) is 61.5. The number of carbonyl (C=O) groups excluding carboxylic acids is 6. The first-order valence-electron chi connectivity index (χ1n) is 33.7. The number of alkyl halides is 9. The summed E-state index contributed by atoms with van der Waals surface area (Å²) in [7, 11) is -4.98. The van der Waals surface area contributed by atoms with Crippen LogP contribution in [0.4, 0.5) is 70.1 Å². The molecule has 0 aliphatic carbocycles. The van der Waals surface area contributed by atoms with Gasteiger partial charge in [0.15, 0.2) is 54.2 Å². The van der Waals surface area contributed by atoms with Crippen molar-refractivity contribution >= 4 is 78.0 Å². The van der Waals surface area contributed by atoms with Gasteiger partial charge in [0.2, 0.25) is 0 Å². The van der Waals surface area contributed by atoms with Crippen LogP contribution in [0.5, 0.6) is 17.2 Å². The van der Waals surface area contributed by atoms with E-state index in [-0.39, 0.29) is 102 Å². The summed E-state index contributed by atoms with van der Waals surface area (Å²) in [4.78, 5) is 120. The number of nitrogens with one attached hydrogen (secondary N) is 6. The van der Waals surface area contributed by atoms with Gasteiger partial charge in [0.25, 0.3) is 35.4 Å². The lowest BCUT2D eigenvalue weighted by Crippen LogP contribution is -2.25. The van der Waals surface area contributed by atoms with E-state index in [0.29, 0.717) is 33.8 Å². The van der Waals surface area contributed by atoms with E-state index in [2.05, 4.69) is 91.3 Å². The molecule has 0 unspecified atom stereocenters. The van der Waals surface area contributed by atoms with Crippen LogP contribution >= 0.6 is 8.17 Å². The van der Waals surface area contributed by atoms with Crippen molar-refractivity contribution in [3.8, 4) is 51.0 Å². The van der Waals surface area contributed by atoms with Crippen molar-refractivity contribution in [1.29, 1.82) is 0 Å². The number of rotatable bonds is 27. The molecule has 3 aromatic carbocycles. The molecule has 0 radical (unpaired) electrons. The quantitative estimate of drug-likeness (QED) is 0.0186. The highest BCUT2D eigenvalue weighted by atomic mass is 31.2. The van der Waals surface area contributed by atoms with E-state index in [1.807, 2.05) is 0 Å². The van der Waals surface area contributed by atoms with Gasteiger partial charge in [-0.3, -0.25) is 43.7 Å². The van der Waals surface area contributed by atoms with Gasteiger partial charge in [0.05, 0.1) is 69.4 Å². The maximum atomic E-state index is 14.6. The third kappa shape index (κ3) is 20.5. The zero-order chi connectivity index (χ0) is 83.5. The fraction of sp³-hybridized carbons (Fsp3) is 0.208. The Morgan fingerprint density at radius 1 is 0.379 bits per heavy atom. The molecule has 0 fully saturated rings. The van der Waals surface area contributed by atoms with Gasteiger partial charge >= 0.3 is 27.3 Å². The summed E-state index contributed by atoms with van der Waals surface area (Å²) >= 11 is 0. The summed E-state index contributed by atoms with van der Waals surface area (Å²) in [5.74, 6) is -10.7. The Morgan fingerprint density at radius 2 is 0.647 bits per heavy atom. The van der Waals surface area contributed by atoms with Gasteiger partial charge in [-0.15, -0.1) is 53.1 Å². The van der Waals surface area contributed by atoms with Crippen LogP contribution in [-0.2, 0) is 47.6 Å². The molecule has 44 heteroatoms. The fourth-order valence-electron chi connectivity index (χ4n) is 11.4. The van der Waals surface area contributed by atoms with Crippen LogP contribution in [0, 0.1) is 59.0 Å². The van der Waals surface area contributed by atoms with Crippen LogP contribution in [0.1, 0.15) is 81.9 Å². The molecule has 0 aliphatic heterocycles. The first-order valence-corrected chi connectivity index (χ1v) is 35.2. The average molecular weight is 1640 g/mol. The van der Waals surface area contributed by atoms with Crippen LogP contribution in [0.2, 0.25) is 0 Å². The Morgan fingerprint density at radius 3 is 0.905 bits per heavy atom. The number of fused-ring (bicyclic) bond motifs is 3. The van der Waals surface area contributed by atoms with Gasteiger partial charge < -0.3 is 46.1 Å². The molecule has 0 spiro atoms. The predicted molar refractivity (Wildman–Crippen MR) is 383 cm³/mol. The summed E-state index contributed by atoms with van der Waals surface area (Å²) in [6, 6.07) is 20.2. The van der Waals surface area contributed by atoms with Crippen molar-refractivity contribution in [3.05, 3.63) is 213 Å². The maximum Gasteiger partial charge on any atom is 0.574 e. The Kier molecular flexibility index (Phi) is 23.6. The van der Waals surface area contributed by atoms with Crippen LogP contribution in [0.15, 0.2) is 128 Å². The maximum absolute atomic E-state index is 14.6. The molecule has 12 rings (SSSR count). The molecule has 6 amide bonds. The van der Waals surface area contributed by atoms with Crippen molar-refractivity contribution in [2.24, 2.45) is 0 Å². The Labute approximate surface area is 644 Å². The Balaban J connectivity index is 0.725. The second-order valence-corrected chi connectivity index (χ2v) is 26.8. The monoisotopic (exact) mass is 1640 g/mol. The molecule has 0 saturated carbocycles. The summed E-state index contributed by atoms with van der Waals surface area (Å²) in [5, 5.41) is 28.4. The van der Waals surface area contributed by atoms with Crippen molar-refractivity contribution in [2.75, 3.05) is 35.8 Å². The minimum atomic E-state index is -5.06. The topological polar surface area (TPSA) is 379 Å². The largest absolute Gasteiger partial charge is 0.574 e. The zero-order valence-electron chi connectivity index (χ0n) is 60.6. The van der Waals surface area contributed by atoms with E-state index < -0.39 is 137 Å². The minimum Gasteiger partial charge on any atom is -0.406 e. The van der Waals surface area contributed by atoms with Gasteiger partial charge in [-0.25, -0.2) is 41.7 Å². The fourth-order valence-corrected chi connectivity index (χ4v) is 12.5. The van der Waals surface area contributed by atoms with Gasteiger partial charge in [-0.1, -0.05) is 0 Å². The number of hydrogen-bond acceptors (Lipinski definition) is 22. The molecular weight excluding hydrogens is 1580 g/mol. The molecule has 12 aromatic rings. The van der Waals surface area contributed by atoms with Gasteiger partial charge in [-0.05, 0) is 151 Å². The number of nitrogens with zero attached hydrogens (tertiary/aromatic N) is 12. The molecule has 7 N–H and O–H groups in total. The van der Waals surface area contributed by atoms with Crippen molar-refractivity contribution < 1.29 is 114 Å². The van der Waals surface area contributed by atoms with E-state index in [1.54, 1.807) is 20.8 Å². The number of amides is 6. The molecule has 9 aromatic heterocycles. The first-order chi connectivity index (χ1) is 54.7. The molecule has 602 valence electrons. The summed E-state index contributed by atoms with van der Waals surface area (Å²) in [6.07, 6.45) is -11.4. The third-order valence-corrected chi connectivity index (χ3v) is 18.0. The SMILES string of the molecule is Cc1nc(C)c(-c2ccc3nc(NC(=O)CO[P+](O)(OCC(=O)Nc4cn5nc(-c6cc(C(=O)NCc7cc(OC(F)(F)F)ccc7F)c(C)nc6C)ccc5n4)OCC(=O)Nc4cn5nc(-c6cc(C(=O)NCc7cc(OC(F)(F)F)ccc7F)c(C)nc6C)ccc5n4)cn3n2)cc1C(=O)NCc1cc(OC(F)(F)F)ccc1F. The number of imidazole rings is 3. The number of carbonyl (C=O) groups is 6. The second-order valence-electron chi connectivity index (χ2n) is 25.1. The van der Waals surface area contributed by atoms with E-state index in [9.17, 15) is 86.3 Å². The molecule has 31 nitrogen and oxygen atoms in total. The van der Waals surface area contributed by atoms with Gasteiger partial charge in [0, 0.05) is 70.1 Å². The average Bonchev–Trinajstić information content (AvgIpc) is 1.52. The number of pyridine rings is 3. The normalized spacial score (nSPS) is 11.9. The Bertz CT molecular complexity index is 5330. The highest BCUT2D eigenvalue weighted by molar-refractivity contribution is 7.55. The number of ether oxygens (including phenoxy) is 3.